The predicted molar refractivity (Wildman–Crippen MR) is 57.9 cm³/mol. The molecule has 0 fully saturated rings. The molecule has 82 valence electrons. The van der Waals surface area contributed by atoms with Crippen LogP contribution in [0.1, 0.15) is 6.92 Å². The second kappa shape index (κ2) is 4.84. The summed E-state index contributed by atoms with van der Waals surface area (Å²) in [6.07, 6.45) is 0. The van der Waals surface area contributed by atoms with Gasteiger partial charge in [-0.15, -0.1) is 0 Å². The van der Waals surface area contributed by atoms with Crippen LogP contribution in [0.15, 0.2) is 23.4 Å². The second-order valence-electron chi connectivity index (χ2n) is 3.05. The van der Waals surface area contributed by atoms with Gasteiger partial charge in [0, 0.05) is 10.7 Å². The maximum atomic E-state index is 12.9. The Morgan fingerprint density at radius 3 is 2.80 bits per heavy atom. The monoisotopic (exact) mass is 231 g/mol. The summed E-state index contributed by atoms with van der Waals surface area (Å²) in [6, 6.07) is 3.60. The number of rotatable bonds is 3. The molecule has 1 rings (SSSR count). The van der Waals surface area contributed by atoms with Gasteiger partial charge in [-0.2, -0.15) is 0 Å². The number of nitrogens with one attached hydrogen (secondary N) is 1. The van der Waals surface area contributed by atoms with E-state index in [2.05, 4.69) is 10.5 Å². The van der Waals surface area contributed by atoms with Gasteiger partial charge in [0.25, 0.3) is 0 Å². The first-order valence-corrected chi connectivity index (χ1v) is 4.60. The predicted octanol–water partition coefficient (Wildman–Crippen LogP) is 2.03. The topological polar surface area (TPSA) is 70.6 Å². The van der Waals surface area contributed by atoms with Gasteiger partial charge in [0.15, 0.2) is 5.84 Å². The molecule has 4 nitrogen and oxygen atoms in total. The van der Waals surface area contributed by atoms with E-state index in [0.29, 0.717) is 5.69 Å². The zero-order chi connectivity index (χ0) is 11.4. The Balaban J connectivity index is 2.81. The summed E-state index contributed by atoms with van der Waals surface area (Å²) in [4.78, 5) is 0. The lowest BCUT2D eigenvalue weighted by Crippen LogP contribution is -2.32. The highest BCUT2D eigenvalue weighted by atomic mass is 35.5. The Labute approximate surface area is 91.5 Å². The molecule has 15 heavy (non-hydrogen) atoms. The minimum atomic E-state index is -0.447. The van der Waals surface area contributed by atoms with Crippen molar-refractivity contribution in [2.24, 2.45) is 10.9 Å². The van der Waals surface area contributed by atoms with Crippen molar-refractivity contribution in [3.05, 3.63) is 29.0 Å². The highest BCUT2D eigenvalue weighted by Gasteiger charge is 2.08. The molecule has 0 bridgehead atoms. The first-order chi connectivity index (χ1) is 7.02. The fraction of sp³-hybridized carbons (Fsp3) is 0.222. The van der Waals surface area contributed by atoms with E-state index in [1.807, 2.05) is 0 Å². The van der Waals surface area contributed by atoms with Crippen LogP contribution in [0.4, 0.5) is 10.1 Å². The van der Waals surface area contributed by atoms with Gasteiger partial charge in [-0.3, -0.25) is 0 Å². The number of benzene rings is 1. The molecule has 0 aliphatic rings. The zero-order valence-corrected chi connectivity index (χ0v) is 8.79. The van der Waals surface area contributed by atoms with E-state index in [0.717, 1.165) is 0 Å². The van der Waals surface area contributed by atoms with Crippen LogP contribution in [-0.4, -0.2) is 17.1 Å². The maximum Gasteiger partial charge on any atom is 0.161 e. The molecule has 0 saturated heterocycles. The first-order valence-electron chi connectivity index (χ1n) is 4.23. The fourth-order valence-electron chi connectivity index (χ4n) is 1.05. The zero-order valence-electron chi connectivity index (χ0n) is 8.04. The van der Waals surface area contributed by atoms with E-state index < -0.39 is 11.9 Å². The molecule has 0 aromatic heterocycles. The normalized spacial score (nSPS) is 13.7. The summed E-state index contributed by atoms with van der Waals surface area (Å²) in [5.41, 5.74) is 5.82. The van der Waals surface area contributed by atoms with Crippen LogP contribution in [0.2, 0.25) is 5.02 Å². The van der Waals surface area contributed by atoms with Crippen molar-refractivity contribution in [3.8, 4) is 0 Å². The molecule has 0 saturated carbocycles. The minimum Gasteiger partial charge on any atom is -0.409 e. The summed E-state index contributed by atoms with van der Waals surface area (Å²) < 4.78 is 12.9. The van der Waals surface area contributed by atoms with Crippen molar-refractivity contribution in [2.75, 3.05) is 5.32 Å². The van der Waals surface area contributed by atoms with Gasteiger partial charge >= 0.3 is 0 Å². The highest BCUT2D eigenvalue weighted by molar-refractivity contribution is 6.30. The first kappa shape index (κ1) is 11.6. The van der Waals surface area contributed by atoms with Crippen molar-refractivity contribution in [3.63, 3.8) is 0 Å². The highest BCUT2D eigenvalue weighted by Crippen LogP contribution is 2.18. The molecule has 1 atom stereocenters. The lowest BCUT2D eigenvalue weighted by Gasteiger charge is -2.13. The van der Waals surface area contributed by atoms with Crippen molar-refractivity contribution in [2.45, 2.75) is 13.0 Å². The van der Waals surface area contributed by atoms with E-state index in [9.17, 15) is 4.39 Å². The maximum absolute atomic E-state index is 12.9. The molecule has 1 aromatic rings. The molecule has 0 amide bonds. The van der Waals surface area contributed by atoms with E-state index in [1.165, 1.54) is 12.1 Å². The van der Waals surface area contributed by atoms with E-state index in [4.69, 9.17) is 22.5 Å². The summed E-state index contributed by atoms with van der Waals surface area (Å²) in [6.45, 7) is 1.67. The Bertz CT molecular complexity index is 363. The average Bonchev–Trinajstić information content (AvgIpc) is 2.14. The van der Waals surface area contributed by atoms with Crippen LogP contribution in [0.25, 0.3) is 0 Å². The number of oxime groups is 1. The number of anilines is 1. The lowest BCUT2D eigenvalue weighted by molar-refractivity contribution is 0.316. The minimum absolute atomic E-state index is 0.00961. The average molecular weight is 232 g/mol. The van der Waals surface area contributed by atoms with E-state index >= 15 is 0 Å². The summed E-state index contributed by atoms with van der Waals surface area (Å²) >= 11 is 5.66. The van der Waals surface area contributed by atoms with Crippen LogP contribution in [-0.2, 0) is 0 Å². The molecule has 1 aromatic carbocycles. The Morgan fingerprint density at radius 1 is 1.60 bits per heavy atom. The van der Waals surface area contributed by atoms with Gasteiger partial charge in [0.1, 0.15) is 5.82 Å². The number of hydrogen-bond donors (Lipinski definition) is 3. The van der Waals surface area contributed by atoms with Crippen LogP contribution in [0, 0.1) is 5.82 Å². The summed E-state index contributed by atoms with van der Waals surface area (Å²) in [5.74, 6) is -0.438. The van der Waals surface area contributed by atoms with Gasteiger partial charge in [-0.05, 0) is 25.1 Å². The number of amidine groups is 1. The van der Waals surface area contributed by atoms with Gasteiger partial charge < -0.3 is 16.3 Å². The Kier molecular flexibility index (Phi) is 3.74. The third kappa shape index (κ3) is 3.28. The van der Waals surface area contributed by atoms with E-state index in [1.54, 1.807) is 13.0 Å². The van der Waals surface area contributed by atoms with Crippen molar-refractivity contribution < 1.29 is 9.60 Å². The van der Waals surface area contributed by atoms with Crippen molar-refractivity contribution in [1.82, 2.24) is 0 Å². The SMILES string of the molecule is CC(Nc1cc(F)cc(Cl)c1)/C(N)=N/O. The largest absolute Gasteiger partial charge is 0.409 e. The van der Waals surface area contributed by atoms with Crippen molar-refractivity contribution >= 4 is 23.1 Å². The standard InChI is InChI=1S/C9H11ClFN3O/c1-5(9(12)14-15)13-8-3-6(10)2-7(11)4-8/h2-5,13,15H,1H3,(H2,12,14). The number of halogens is 2. The smallest absolute Gasteiger partial charge is 0.161 e. The molecule has 6 heteroatoms. The van der Waals surface area contributed by atoms with E-state index in [-0.39, 0.29) is 10.9 Å². The van der Waals surface area contributed by atoms with Crippen LogP contribution < -0.4 is 11.1 Å². The van der Waals surface area contributed by atoms with Gasteiger partial charge in [-0.25, -0.2) is 4.39 Å². The molecule has 0 aliphatic carbocycles. The molecule has 0 spiro atoms. The molecule has 0 heterocycles. The van der Waals surface area contributed by atoms with Crippen LogP contribution in [0.3, 0.4) is 0 Å². The Morgan fingerprint density at radius 2 is 2.27 bits per heavy atom. The van der Waals surface area contributed by atoms with Gasteiger partial charge in [-0.1, -0.05) is 16.8 Å². The van der Waals surface area contributed by atoms with Gasteiger partial charge in [0.2, 0.25) is 0 Å². The molecular weight excluding hydrogens is 221 g/mol. The fourth-order valence-corrected chi connectivity index (χ4v) is 1.27. The number of nitrogens with two attached hydrogens (primary N) is 1. The number of nitrogens with zero attached hydrogens (tertiary/aromatic N) is 1. The quantitative estimate of drug-likeness (QED) is 0.323. The van der Waals surface area contributed by atoms with Crippen molar-refractivity contribution in [1.29, 1.82) is 0 Å². The third-order valence-electron chi connectivity index (χ3n) is 1.80. The number of hydrogen-bond acceptors (Lipinski definition) is 3. The van der Waals surface area contributed by atoms with Crippen LogP contribution in [0.5, 0.6) is 0 Å². The second-order valence-corrected chi connectivity index (χ2v) is 3.49. The molecular formula is C9H11ClFN3O. The Hall–Kier alpha value is -1.49. The third-order valence-corrected chi connectivity index (χ3v) is 2.02. The summed E-state index contributed by atoms with van der Waals surface area (Å²) in [7, 11) is 0. The molecule has 0 radical (unpaired) electrons. The molecule has 0 aliphatic heterocycles. The molecule has 1 unspecified atom stereocenters. The summed E-state index contributed by atoms with van der Waals surface area (Å²) in [5, 5.41) is 14.4. The van der Waals surface area contributed by atoms with Crippen LogP contribution >= 0.6 is 11.6 Å². The lowest BCUT2D eigenvalue weighted by atomic mass is 10.2. The molecule has 4 N–H and O–H groups in total. The van der Waals surface area contributed by atoms with Gasteiger partial charge in [0.05, 0.1) is 6.04 Å².